The Morgan fingerprint density at radius 3 is 2.38 bits per heavy atom. The van der Waals surface area contributed by atoms with Crippen LogP contribution in [0.3, 0.4) is 0 Å². The van der Waals surface area contributed by atoms with Crippen LogP contribution in [-0.4, -0.2) is 47.1 Å². The van der Waals surface area contributed by atoms with Gasteiger partial charge >= 0.3 is 29.6 Å². The number of benzene rings is 3. The molecule has 0 spiro atoms. The molecule has 9 atom stereocenters. The van der Waals surface area contributed by atoms with Gasteiger partial charge in [0.2, 0.25) is 6.23 Å². The first-order chi connectivity index (χ1) is 24.5. The van der Waals surface area contributed by atoms with E-state index in [2.05, 4.69) is 16.8 Å². The number of guanidine groups is 1. The van der Waals surface area contributed by atoms with Crippen LogP contribution in [0, 0.1) is 29.6 Å². The second kappa shape index (κ2) is 15.9. The largest absolute Gasteiger partial charge is 1.00 e. The van der Waals surface area contributed by atoms with Crippen LogP contribution in [0.15, 0.2) is 83.4 Å². The first-order valence-corrected chi connectivity index (χ1v) is 19.2. The molecule has 3 aromatic carbocycles. The second-order valence-corrected chi connectivity index (χ2v) is 16.0. The summed E-state index contributed by atoms with van der Waals surface area (Å²) in [6.45, 7) is 1.95. The van der Waals surface area contributed by atoms with Crippen LogP contribution in [0.5, 0.6) is 11.5 Å². The molecule has 1 saturated heterocycles. The summed E-state index contributed by atoms with van der Waals surface area (Å²) >= 11 is 0. The van der Waals surface area contributed by atoms with Crippen molar-refractivity contribution in [3.63, 3.8) is 0 Å². The number of nitrogens with two attached hydrogens (primary N) is 2. The molecule has 0 amide bonds. The summed E-state index contributed by atoms with van der Waals surface area (Å²) in [5.74, 6) is 5.50. The van der Waals surface area contributed by atoms with Gasteiger partial charge in [-0.15, -0.1) is 0 Å². The van der Waals surface area contributed by atoms with E-state index in [1.54, 1.807) is 12.1 Å². The summed E-state index contributed by atoms with van der Waals surface area (Å²) in [5.41, 5.74) is 16.5. The summed E-state index contributed by atoms with van der Waals surface area (Å²) in [6, 6.07) is 20.2. The topological polar surface area (TPSA) is 181 Å². The number of hydrogen-bond donors (Lipinski definition) is 4. The van der Waals surface area contributed by atoms with E-state index in [-0.39, 0.29) is 84.1 Å². The molecule has 3 aromatic rings. The normalized spacial score (nSPS) is 29.4. The summed E-state index contributed by atoms with van der Waals surface area (Å²) in [4.78, 5) is 4.36. The van der Waals surface area contributed by atoms with Crippen LogP contribution < -0.4 is 45.8 Å². The fourth-order valence-corrected chi connectivity index (χ4v) is 9.81. The van der Waals surface area contributed by atoms with E-state index in [4.69, 9.17) is 20.9 Å². The van der Waals surface area contributed by atoms with Crippen LogP contribution in [0.2, 0.25) is 0 Å². The number of phenolic OH excluding ortho intramolecular Hbond substituents is 1. The fraction of sp³-hybridized carbons (Fsp3) is 0.425. The number of aliphatic hydroxyl groups excluding tert-OH is 1. The third kappa shape index (κ3) is 8.09. The van der Waals surface area contributed by atoms with Gasteiger partial charge in [-0.25, -0.2) is 13.4 Å². The Kier molecular flexibility index (Phi) is 11.8. The van der Waals surface area contributed by atoms with Crippen LogP contribution in [0.4, 0.5) is 0 Å². The number of fused-ring (bicyclic) bond motifs is 7. The van der Waals surface area contributed by atoms with Crippen LogP contribution in [-0.2, 0) is 14.9 Å². The molecule has 6 heterocycles. The van der Waals surface area contributed by atoms with E-state index in [1.807, 2.05) is 67.6 Å². The van der Waals surface area contributed by atoms with Gasteiger partial charge < -0.3 is 35.7 Å². The molecule has 8 bridgehead atoms. The predicted octanol–water partition coefficient (Wildman–Crippen LogP) is 2.49. The molecule has 1 aliphatic carbocycles. The Morgan fingerprint density at radius 2 is 1.71 bits per heavy atom. The van der Waals surface area contributed by atoms with Crippen molar-refractivity contribution in [2.75, 3.05) is 6.61 Å². The van der Waals surface area contributed by atoms with Crippen molar-refractivity contribution in [2.45, 2.75) is 81.0 Å². The number of hydrogen-bond acceptors (Lipinski definition) is 8. The van der Waals surface area contributed by atoms with Crippen LogP contribution in [0.25, 0.3) is 0 Å². The summed E-state index contributed by atoms with van der Waals surface area (Å²) in [7, 11) is -4.81. The zero-order valence-electron chi connectivity index (χ0n) is 29.5. The molecule has 10 nitrogen and oxygen atoms in total. The molecule has 7 aliphatic rings. The minimum absolute atomic E-state index is 0. The fourth-order valence-electron chi connectivity index (χ4n) is 8.71. The molecule has 10 rings (SSSR count). The Bertz CT molecular complexity index is 1990. The molecule has 0 radical (unpaired) electrons. The summed E-state index contributed by atoms with van der Waals surface area (Å²) in [5, 5.41) is 19.5. The van der Waals surface area contributed by atoms with Crippen LogP contribution >= 0.6 is 0 Å². The maximum absolute atomic E-state index is 13.6. The van der Waals surface area contributed by atoms with E-state index in [1.165, 1.54) is 0 Å². The molecule has 6 N–H and O–H groups in total. The van der Waals surface area contributed by atoms with Crippen molar-refractivity contribution in [1.82, 2.24) is 0 Å². The Hall–Kier alpha value is -3.34. The van der Waals surface area contributed by atoms with E-state index in [0.717, 1.165) is 22.3 Å². The molecule has 12 heteroatoms. The summed E-state index contributed by atoms with van der Waals surface area (Å²) < 4.78 is 53.9. The number of ether oxygens (including phenoxy) is 2. The standard InChI is InChI=1S/C40H45N3O7S.Na/c1-2-24-21-36(51(46,47)48)35-20-30-17-29(19-33-16-23(22-44)4-3-5-28-18-31(45)12-15-34(28)38(30)49-33)37(35)26-6-8-27(9-7-26)39(43-40(41)42)50-32-13-10-25(24)11-14-32;/h6-15,18,20,23-24,29,33,35-39,44-45H,2,4,16-17,19,21-22H2,1H3,(H4,41,42,43)(H,46,47,48);/q;+1/p-1/t23-,24+,29+,33-,35-,36-,37+,38-,39+;/m1./s1. The molecular weight excluding hydrogens is 690 g/mol. The van der Waals surface area contributed by atoms with Crippen molar-refractivity contribution < 1.29 is 62.2 Å². The zero-order valence-corrected chi connectivity index (χ0v) is 32.3. The molecule has 0 saturated carbocycles. The van der Waals surface area contributed by atoms with Gasteiger partial charge in [0.25, 0.3) is 0 Å². The first kappa shape index (κ1) is 38.4. The number of nitrogens with zero attached hydrogens (tertiary/aromatic N) is 1. The average molecular weight is 734 g/mol. The Balaban J connectivity index is 0.00000464. The van der Waals surface area contributed by atoms with E-state index >= 15 is 0 Å². The van der Waals surface area contributed by atoms with Crippen molar-refractivity contribution in [1.29, 1.82) is 0 Å². The van der Waals surface area contributed by atoms with E-state index in [9.17, 15) is 23.2 Å². The average Bonchev–Trinajstić information content (AvgIpc) is 3.23. The third-order valence-corrected chi connectivity index (χ3v) is 12.4. The summed E-state index contributed by atoms with van der Waals surface area (Å²) in [6.07, 6.45) is 3.37. The molecule has 6 aliphatic heterocycles. The number of allylic oxidation sites excluding steroid dienone is 1. The number of aliphatic imine (C=N–C) groups is 1. The minimum Gasteiger partial charge on any atom is -0.748 e. The molecule has 0 unspecified atom stereocenters. The molecule has 52 heavy (non-hydrogen) atoms. The number of aliphatic hydroxyl groups is 1. The smallest absolute Gasteiger partial charge is 0.748 e. The zero-order chi connectivity index (χ0) is 35.9. The Morgan fingerprint density at radius 1 is 1.00 bits per heavy atom. The Labute approximate surface area is 327 Å². The van der Waals surface area contributed by atoms with Gasteiger partial charge in [-0.3, -0.25) is 0 Å². The van der Waals surface area contributed by atoms with Gasteiger partial charge in [-0.2, -0.15) is 0 Å². The van der Waals surface area contributed by atoms with Gasteiger partial charge in [-0.05, 0) is 103 Å². The molecule has 0 aromatic heterocycles. The van der Waals surface area contributed by atoms with Crippen molar-refractivity contribution in [2.24, 2.45) is 34.2 Å². The van der Waals surface area contributed by atoms with Gasteiger partial charge in [0, 0.05) is 29.7 Å². The van der Waals surface area contributed by atoms with Gasteiger partial charge in [-0.1, -0.05) is 67.3 Å². The molecular formula is C40H44N3NaO7S. The number of aromatic hydroxyl groups is 1. The van der Waals surface area contributed by atoms with Crippen molar-refractivity contribution in [3.05, 3.63) is 106 Å². The van der Waals surface area contributed by atoms with Crippen molar-refractivity contribution in [3.8, 4) is 23.3 Å². The monoisotopic (exact) mass is 733 g/mol. The van der Waals surface area contributed by atoms with Crippen molar-refractivity contribution >= 4 is 16.1 Å². The molecule has 268 valence electrons. The van der Waals surface area contributed by atoms with Gasteiger partial charge in [0.15, 0.2) is 5.96 Å². The van der Waals surface area contributed by atoms with Crippen LogP contribution in [0.1, 0.15) is 97.4 Å². The SMILES string of the molecule is CC[C@H]1C[C@@H](S(=O)(=O)[O-])[C@H]2C=C3C[C@@H](C[C@H]4C[C@H](CO)CC#Cc5cc(O)ccc5[C@@H]3O4)[C@@H]2c2ccc(cc2)[C@@H](N=C(N)N)Oc2ccc1cc2.[Na+]. The maximum Gasteiger partial charge on any atom is 1.00 e. The molecule has 1 fully saturated rings. The van der Waals surface area contributed by atoms with Gasteiger partial charge in [0.1, 0.15) is 17.6 Å². The minimum atomic E-state index is -4.81. The van der Waals surface area contributed by atoms with E-state index < -0.39 is 33.6 Å². The maximum atomic E-state index is 13.6. The predicted molar refractivity (Wildman–Crippen MR) is 193 cm³/mol. The first-order valence-electron chi connectivity index (χ1n) is 17.7. The quantitative estimate of drug-likeness (QED) is 0.0783. The third-order valence-electron chi connectivity index (χ3n) is 11.1. The van der Waals surface area contributed by atoms with Gasteiger partial charge in [0.05, 0.1) is 21.5 Å². The number of rotatable bonds is 4. The second-order valence-electron chi connectivity index (χ2n) is 14.4. The number of phenols is 1. The van der Waals surface area contributed by atoms with E-state index in [0.29, 0.717) is 49.0 Å².